The highest BCUT2D eigenvalue weighted by Gasteiger charge is 2.27. The highest BCUT2D eigenvalue weighted by molar-refractivity contribution is 7.89. The summed E-state index contributed by atoms with van der Waals surface area (Å²) < 4.78 is 30.5. The van der Waals surface area contributed by atoms with Crippen molar-refractivity contribution in [1.82, 2.24) is 9.21 Å². The molecule has 0 aliphatic heterocycles. The molecule has 1 rings (SSSR count). The summed E-state index contributed by atoms with van der Waals surface area (Å²) in [6.45, 7) is 3.48. The van der Waals surface area contributed by atoms with E-state index in [1.165, 1.54) is 32.0 Å². The topological polar surface area (TPSA) is 108 Å². The number of sulfonamides is 1. The molecule has 0 aliphatic carbocycles. The van der Waals surface area contributed by atoms with Gasteiger partial charge in [-0.05, 0) is 13.8 Å². The molecule has 1 N–H and O–H groups in total. The van der Waals surface area contributed by atoms with Gasteiger partial charge in [0.25, 0.3) is 5.91 Å². The molecule has 1 heterocycles. The first-order valence-corrected chi connectivity index (χ1v) is 8.09. The van der Waals surface area contributed by atoms with Crippen LogP contribution in [0.5, 0.6) is 0 Å². The van der Waals surface area contributed by atoms with Gasteiger partial charge < -0.3 is 14.4 Å². The second-order valence-corrected chi connectivity index (χ2v) is 6.97. The van der Waals surface area contributed by atoms with Crippen molar-refractivity contribution in [3.8, 4) is 0 Å². The van der Waals surface area contributed by atoms with Gasteiger partial charge in [0.2, 0.25) is 10.0 Å². The number of amides is 1. The van der Waals surface area contributed by atoms with Crippen LogP contribution in [-0.2, 0) is 14.8 Å². The molecular weight excluding hydrogens is 312 g/mol. The number of hydrogen-bond donors (Lipinski definition) is 1. The molecule has 0 saturated carbocycles. The Morgan fingerprint density at radius 3 is 2.36 bits per heavy atom. The van der Waals surface area contributed by atoms with Crippen LogP contribution < -0.4 is 0 Å². The van der Waals surface area contributed by atoms with E-state index in [2.05, 4.69) is 0 Å². The van der Waals surface area contributed by atoms with Crippen LogP contribution >= 0.6 is 0 Å². The summed E-state index contributed by atoms with van der Waals surface area (Å²) in [5.74, 6) is -1.55. The second kappa shape index (κ2) is 6.93. The van der Waals surface area contributed by atoms with Gasteiger partial charge in [0.15, 0.2) is 5.76 Å². The van der Waals surface area contributed by atoms with E-state index in [0.29, 0.717) is 6.54 Å². The highest BCUT2D eigenvalue weighted by atomic mass is 32.2. The zero-order valence-electron chi connectivity index (χ0n) is 13.0. The van der Waals surface area contributed by atoms with Crippen molar-refractivity contribution in [2.45, 2.75) is 25.2 Å². The molecule has 0 aliphatic rings. The van der Waals surface area contributed by atoms with Gasteiger partial charge in [-0.3, -0.25) is 9.59 Å². The number of aryl methyl sites for hydroxylation is 1. The molecule has 0 radical (unpaired) electrons. The van der Waals surface area contributed by atoms with Crippen molar-refractivity contribution in [1.29, 1.82) is 0 Å². The lowest BCUT2D eigenvalue weighted by atomic mass is 10.3. The van der Waals surface area contributed by atoms with Crippen LogP contribution in [0, 0.1) is 6.92 Å². The molecule has 124 valence electrons. The SMILES string of the molecule is CCN(CCC(=O)O)C(=O)c1cc(S(=O)(=O)N(C)C)c(C)o1. The Hall–Kier alpha value is -1.87. The Labute approximate surface area is 129 Å². The zero-order chi connectivity index (χ0) is 17.1. The summed E-state index contributed by atoms with van der Waals surface area (Å²) in [5, 5.41) is 8.68. The van der Waals surface area contributed by atoms with E-state index in [1.54, 1.807) is 6.92 Å². The average Bonchev–Trinajstić information content (AvgIpc) is 2.81. The van der Waals surface area contributed by atoms with Gasteiger partial charge in [0.05, 0.1) is 6.42 Å². The molecule has 0 bridgehead atoms. The maximum Gasteiger partial charge on any atom is 0.305 e. The number of carboxylic acid groups (broad SMARTS) is 1. The van der Waals surface area contributed by atoms with Crippen LogP contribution in [0.3, 0.4) is 0 Å². The Morgan fingerprint density at radius 2 is 1.91 bits per heavy atom. The summed E-state index contributed by atoms with van der Waals surface area (Å²) in [5.41, 5.74) is 0. The highest BCUT2D eigenvalue weighted by Crippen LogP contribution is 2.23. The molecule has 1 amide bonds. The van der Waals surface area contributed by atoms with Crippen LogP contribution in [0.1, 0.15) is 29.7 Å². The fourth-order valence-corrected chi connectivity index (χ4v) is 2.87. The predicted octanol–water partition coefficient (Wildman–Crippen LogP) is 0.775. The molecule has 1 aromatic rings. The quantitative estimate of drug-likeness (QED) is 0.790. The normalized spacial score (nSPS) is 11.7. The Kier molecular flexibility index (Phi) is 5.72. The van der Waals surface area contributed by atoms with E-state index in [9.17, 15) is 18.0 Å². The number of hydrogen-bond acceptors (Lipinski definition) is 5. The lowest BCUT2D eigenvalue weighted by Crippen LogP contribution is -2.32. The number of carbonyl (C=O) groups excluding carboxylic acids is 1. The van der Waals surface area contributed by atoms with Crippen molar-refractivity contribution in [3.05, 3.63) is 17.6 Å². The smallest absolute Gasteiger partial charge is 0.305 e. The van der Waals surface area contributed by atoms with Crippen molar-refractivity contribution in [3.63, 3.8) is 0 Å². The summed E-state index contributed by atoms with van der Waals surface area (Å²) >= 11 is 0. The van der Waals surface area contributed by atoms with Gasteiger partial charge in [0, 0.05) is 33.3 Å². The minimum absolute atomic E-state index is 0.0280. The van der Waals surface area contributed by atoms with Crippen LogP contribution in [0.25, 0.3) is 0 Å². The van der Waals surface area contributed by atoms with Crippen LogP contribution in [0.2, 0.25) is 0 Å². The van der Waals surface area contributed by atoms with E-state index >= 15 is 0 Å². The largest absolute Gasteiger partial charge is 0.481 e. The number of carboxylic acids is 1. The first-order valence-electron chi connectivity index (χ1n) is 6.65. The van der Waals surface area contributed by atoms with Gasteiger partial charge in [0.1, 0.15) is 10.7 Å². The minimum atomic E-state index is -3.70. The third kappa shape index (κ3) is 3.86. The number of nitrogens with zero attached hydrogens (tertiary/aromatic N) is 2. The Balaban J connectivity index is 3.08. The zero-order valence-corrected chi connectivity index (χ0v) is 13.8. The fraction of sp³-hybridized carbons (Fsp3) is 0.538. The standard InChI is InChI=1S/C13H20N2O6S/c1-5-15(7-6-12(16)17)13(18)10-8-11(9(2)21-10)22(19,20)14(3)4/h8H,5-7H2,1-4H3,(H,16,17). The fourth-order valence-electron chi connectivity index (χ4n) is 1.81. The molecule has 8 nitrogen and oxygen atoms in total. The van der Waals surface area contributed by atoms with Gasteiger partial charge in [-0.1, -0.05) is 0 Å². The average molecular weight is 332 g/mol. The van der Waals surface area contributed by atoms with Gasteiger partial charge >= 0.3 is 5.97 Å². The monoisotopic (exact) mass is 332 g/mol. The van der Waals surface area contributed by atoms with Gasteiger partial charge in [-0.25, -0.2) is 12.7 Å². The van der Waals surface area contributed by atoms with Crippen molar-refractivity contribution >= 4 is 21.9 Å². The molecule has 0 unspecified atom stereocenters. The summed E-state index contributed by atoms with van der Waals surface area (Å²) in [6, 6.07) is 1.18. The molecule has 1 aromatic heterocycles. The maximum absolute atomic E-state index is 12.3. The number of aliphatic carboxylic acids is 1. The Morgan fingerprint density at radius 1 is 1.32 bits per heavy atom. The third-order valence-electron chi connectivity index (χ3n) is 3.11. The maximum atomic E-state index is 12.3. The van der Waals surface area contributed by atoms with Crippen LogP contribution in [0.15, 0.2) is 15.4 Å². The van der Waals surface area contributed by atoms with E-state index in [1.807, 2.05) is 0 Å². The summed E-state index contributed by atoms with van der Waals surface area (Å²) in [6.07, 6.45) is -0.192. The molecule has 0 atom stereocenters. The molecule has 0 aromatic carbocycles. The third-order valence-corrected chi connectivity index (χ3v) is 5.03. The van der Waals surface area contributed by atoms with E-state index in [-0.39, 0.29) is 29.4 Å². The van der Waals surface area contributed by atoms with E-state index < -0.39 is 21.9 Å². The van der Waals surface area contributed by atoms with Gasteiger partial charge in [-0.15, -0.1) is 0 Å². The first kappa shape index (κ1) is 18.2. The summed E-state index contributed by atoms with van der Waals surface area (Å²) in [4.78, 5) is 24.1. The Bertz CT molecular complexity index is 662. The first-order chi connectivity index (χ1) is 10.1. The lowest BCUT2D eigenvalue weighted by Gasteiger charge is -2.18. The molecule has 0 fully saturated rings. The van der Waals surface area contributed by atoms with Crippen molar-refractivity contribution < 1.29 is 27.5 Å². The van der Waals surface area contributed by atoms with Crippen molar-refractivity contribution in [2.75, 3.05) is 27.2 Å². The second-order valence-electron chi connectivity index (χ2n) is 4.85. The number of rotatable bonds is 7. The summed E-state index contributed by atoms with van der Waals surface area (Å²) in [7, 11) is -0.937. The van der Waals surface area contributed by atoms with Crippen LogP contribution in [-0.4, -0.2) is 61.8 Å². The molecule has 0 spiro atoms. The lowest BCUT2D eigenvalue weighted by molar-refractivity contribution is -0.137. The van der Waals surface area contributed by atoms with Crippen LogP contribution in [0.4, 0.5) is 0 Å². The molecular formula is C13H20N2O6S. The van der Waals surface area contributed by atoms with Crippen molar-refractivity contribution in [2.24, 2.45) is 0 Å². The number of furan rings is 1. The molecule has 22 heavy (non-hydrogen) atoms. The molecule has 0 saturated heterocycles. The molecule has 9 heteroatoms. The van der Waals surface area contributed by atoms with E-state index in [0.717, 1.165) is 4.31 Å². The van der Waals surface area contributed by atoms with Gasteiger partial charge in [-0.2, -0.15) is 0 Å². The number of carbonyl (C=O) groups is 2. The van der Waals surface area contributed by atoms with E-state index in [4.69, 9.17) is 9.52 Å². The predicted molar refractivity (Wildman–Crippen MR) is 78.1 cm³/mol. The minimum Gasteiger partial charge on any atom is -0.481 e.